The van der Waals surface area contributed by atoms with Crippen molar-refractivity contribution in [2.45, 2.75) is 26.3 Å². The number of halogens is 1. The van der Waals surface area contributed by atoms with Gasteiger partial charge < -0.3 is 10.6 Å². The van der Waals surface area contributed by atoms with Crippen LogP contribution < -0.4 is 10.6 Å². The van der Waals surface area contributed by atoms with Gasteiger partial charge in [-0.05, 0) is 43.4 Å². The minimum atomic E-state index is -3.09. The van der Waals surface area contributed by atoms with Crippen LogP contribution in [0.5, 0.6) is 0 Å². The fraction of sp³-hybridized carbons (Fsp3) is 0.588. The largest absolute Gasteiger partial charge is 0.357 e. The highest BCUT2D eigenvalue weighted by Gasteiger charge is 2.24. The second-order valence-electron chi connectivity index (χ2n) is 6.31. The Morgan fingerprint density at radius 1 is 1.32 bits per heavy atom. The molecule has 6 nitrogen and oxygen atoms in total. The van der Waals surface area contributed by atoms with Gasteiger partial charge in [0.1, 0.15) is 5.82 Å². The van der Waals surface area contributed by atoms with E-state index in [0.717, 1.165) is 31.5 Å². The van der Waals surface area contributed by atoms with Gasteiger partial charge in [0.25, 0.3) is 0 Å². The van der Waals surface area contributed by atoms with E-state index in [4.69, 9.17) is 0 Å². The van der Waals surface area contributed by atoms with Gasteiger partial charge in [0, 0.05) is 26.2 Å². The molecule has 0 amide bonds. The monoisotopic (exact) mass is 370 g/mol. The van der Waals surface area contributed by atoms with Gasteiger partial charge in [-0.3, -0.25) is 0 Å². The standard InChI is InChI=1S/C17H27FN4O2S/c1-3-19-17(21-13-15-5-4-6-16(18)11-15)20-12-14-7-9-22(10-8-14)25(2,23)24/h4-6,11,14H,3,7-10,12-13H2,1-2H3,(H2,19,20,21). The molecular formula is C17H27FN4O2S. The third-order valence-electron chi connectivity index (χ3n) is 4.25. The van der Waals surface area contributed by atoms with E-state index in [9.17, 15) is 12.8 Å². The molecule has 0 aliphatic carbocycles. The normalized spacial score (nSPS) is 17.5. The molecule has 0 aromatic heterocycles. The molecule has 1 aliphatic heterocycles. The maximum Gasteiger partial charge on any atom is 0.211 e. The average molecular weight is 370 g/mol. The zero-order chi connectivity index (χ0) is 18.3. The van der Waals surface area contributed by atoms with Crippen molar-refractivity contribution in [1.82, 2.24) is 14.9 Å². The lowest BCUT2D eigenvalue weighted by Crippen LogP contribution is -2.44. The first-order valence-corrected chi connectivity index (χ1v) is 10.4. The van der Waals surface area contributed by atoms with Gasteiger partial charge in [0.05, 0.1) is 12.8 Å². The van der Waals surface area contributed by atoms with Crippen LogP contribution in [0.4, 0.5) is 4.39 Å². The number of piperidine rings is 1. The molecule has 0 spiro atoms. The molecule has 1 aliphatic rings. The van der Waals surface area contributed by atoms with Crippen LogP contribution in [0.1, 0.15) is 25.3 Å². The molecular weight excluding hydrogens is 343 g/mol. The molecule has 1 fully saturated rings. The Morgan fingerprint density at radius 3 is 2.64 bits per heavy atom. The van der Waals surface area contributed by atoms with Gasteiger partial charge >= 0.3 is 0 Å². The van der Waals surface area contributed by atoms with Crippen LogP contribution in [0.2, 0.25) is 0 Å². The predicted octanol–water partition coefficient (Wildman–Crippen LogP) is 1.55. The van der Waals surface area contributed by atoms with E-state index in [1.54, 1.807) is 6.07 Å². The molecule has 1 heterocycles. The van der Waals surface area contributed by atoms with E-state index in [2.05, 4.69) is 15.6 Å². The number of hydrogen-bond acceptors (Lipinski definition) is 3. The molecule has 0 unspecified atom stereocenters. The van der Waals surface area contributed by atoms with E-state index in [-0.39, 0.29) is 5.82 Å². The van der Waals surface area contributed by atoms with Gasteiger partial charge in [0.15, 0.2) is 5.96 Å². The number of nitrogens with one attached hydrogen (secondary N) is 2. The lowest BCUT2D eigenvalue weighted by molar-refractivity contribution is 0.275. The zero-order valence-corrected chi connectivity index (χ0v) is 15.7. The molecule has 0 saturated carbocycles. The fourth-order valence-electron chi connectivity index (χ4n) is 2.83. The predicted molar refractivity (Wildman–Crippen MR) is 98.4 cm³/mol. The van der Waals surface area contributed by atoms with Crippen molar-refractivity contribution in [3.05, 3.63) is 35.6 Å². The molecule has 25 heavy (non-hydrogen) atoms. The smallest absolute Gasteiger partial charge is 0.211 e. The zero-order valence-electron chi connectivity index (χ0n) is 14.8. The van der Waals surface area contributed by atoms with E-state index in [1.807, 2.05) is 13.0 Å². The van der Waals surface area contributed by atoms with Crippen molar-refractivity contribution in [1.29, 1.82) is 0 Å². The van der Waals surface area contributed by atoms with Crippen molar-refractivity contribution >= 4 is 16.0 Å². The third-order valence-corrected chi connectivity index (χ3v) is 5.56. The quantitative estimate of drug-likeness (QED) is 0.589. The Bertz CT molecular complexity index is 686. The van der Waals surface area contributed by atoms with Crippen molar-refractivity contribution in [3.63, 3.8) is 0 Å². The number of aliphatic imine (C=N–C) groups is 1. The Hall–Kier alpha value is -1.67. The summed E-state index contributed by atoms with van der Waals surface area (Å²) in [5.74, 6) is 0.844. The average Bonchev–Trinajstić information content (AvgIpc) is 2.57. The molecule has 2 N–H and O–H groups in total. The summed E-state index contributed by atoms with van der Waals surface area (Å²) in [7, 11) is -3.09. The Labute approximate surface area is 149 Å². The molecule has 8 heteroatoms. The van der Waals surface area contributed by atoms with Crippen LogP contribution in [-0.2, 0) is 16.6 Å². The van der Waals surface area contributed by atoms with E-state index in [1.165, 1.54) is 22.7 Å². The molecule has 2 rings (SSSR count). The van der Waals surface area contributed by atoms with Crippen molar-refractivity contribution in [2.24, 2.45) is 10.9 Å². The van der Waals surface area contributed by atoms with Crippen LogP contribution in [-0.4, -0.2) is 51.1 Å². The number of benzene rings is 1. The van der Waals surface area contributed by atoms with Gasteiger partial charge in [-0.15, -0.1) is 0 Å². The summed E-state index contributed by atoms with van der Waals surface area (Å²) < 4.78 is 37.8. The van der Waals surface area contributed by atoms with Crippen molar-refractivity contribution < 1.29 is 12.8 Å². The maximum atomic E-state index is 13.2. The molecule has 0 bridgehead atoms. The van der Waals surface area contributed by atoms with Crippen LogP contribution in [0.3, 0.4) is 0 Å². The van der Waals surface area contributed by atoms with E-state index < -0.39 is 10.0 Å². The number of hydrogen-bond donors (Lipinski definition) is 2. The van der Waals surface area contributed by atoms with E-state index in [0.29, 0.717) is 31.5 Å². The van der Waals surface area contributed by atoms with Crippen LogP contribution in [0.25, 0.3) is 0 Å². The van der Waals surface area contributed by atoms with Crippen LogP contribution >= 0.6 is 0 Å². The van der Waals surface area contributed by atoms with Crippen molar-refractivity contribution in [3.8, 4) is 0 Å². The first-order valence-electron chi connectivity index (χ1n) is 8.60. The van der Waals surface area contributed by atoms with Crippen LogP contribution in [0, 0.1) is 11.7 Å². The first kappa shape index (κ1) is 19.7. The third kappa shape index (κ3) is 6.62. The summed E-state index contributed by atoms with van der Waals surface area (Å²) >= 11 is 0. The summed E-state index contributed by atoms with van der Waals surface area (Å²) in [5, 5.41) is 6.48. The molecule has 140 valence electrons. The minimum Gasteiger partial charge on any atom is -0.357 e. The number of rotatable bonds is 6. The van der Waals surface area contributed by atoms with Crippen LogP contribution in [0.15, 0.2) is 29.3 Å². The Kier molecular flexibility index (Phi) is 7.19. The summed E-state index contributed by atoms with van der Waals surface area (Å²) in [5.41, 5.74) is 0.818. The summed E-state index contributed by atoms with van der Waals surface area (Å²) in [6.45, 7) is 5.02. The summed E-state index contributed by atoms with van der Waals surface area (Å²) in [4.78, 5) is 4.48. The number of nitrogens with zero attached hydrogens (tertiary/aromatic N) is 2. The second-order valence-corrected chi connectivity index (χ2v) is 8.29. The van der Waals surface area contributed by atoms with Crippen molar-refractivity contribution in [2.75, 3.05) is 32.4 Å². The lowest BCUT2D eigenvalue weighted by Gasteiger charge is -2.30. The molecule has 0 radical (unpaired) electrons. The summed E-state index contributed by atoms with van der Waals surface area (Å²) in [6, 6.07) is 6.42. The van der Waals surface area contributed by atoms with E-state index >= 15 is 0 Å². The first-order chi connectivity index (χ1) is 11.9. The SMILES string of the molecule is CCNC(=NCc1cccc(F)c1)NCC1CCN(S(C)(=O)=O)CC1. The highest BCUT2D eigenvalue weighted by molar-refractivity contribution is 7.88. The number of sulfonamides is 1. The fourth-order valence-corrected chi connectivity index (χ4v) is 3.71. The topological polar surface area (TPSA) is 73.8 Å². The van der Waals surface area contributed by atoms with Gasteiger partial charge in [-0.2, -0.15) is 0 Å². The summed E-state index contributed by atoms with van der Waals surface area (Å²) in [6.07, 6.45) is 2.93. The number of guanidine groups is 1. The second kappa shape index (κ2) is 9.15. The molecule has 1 aromatic rings. The lowest BCUT2D eigenvalue weighted by atomic mass is 9.98. The van der Waals surface area contributed by atoms with Gasteiger partial charge in [-0.25, -0.2) is 22.1 Å². The molecule has 0 atom stereocenters. The highest BCUT2D eigenvalue weighted by Crippen LogP contribution is 2.18. The van der Waals surface area contributed by atoms with Gasteiger partial charge in [-0.1, -0.05) is 12.1 Å². The Morgan fingerprint density at radius 2 is 2.04 bits per heavy atom. The molecule has 1 saturated heterocycles. The minimum absolute atomic E-state index is 0.261. The highest BCUT2D eigenvalue weighted by atomic mass is 32.2. The maximum absolute atomic E-state index is 13.2. The molecule has 1 aromatic carbocycles. The van der Waals surface area contributed by atoms with Gasteiger partial charge in [0.2, 0.25) is 10.0 Å². The Balaban J connectivity index is 1.84.